The second kappa shape index (κ2) is 6.00. The van der Waals surface area contributed by atoms with Gasteiger partial charge in [0.2, 0.25) is 5.91 Å². The normalized spacial score (nSPS) is 16.9. The SMILES string of the molecule is O=C(CC1(O)CCCC1)NCc1ccccc1[N+](=O)[O-]. The molecule has 108 valence electrons. The van der Waals surface area contributed by atoms with Gasteiger partial charge >= 0.3 is 0 Å². The van der Waals surface area contributed by atoms with Crippen molar-refractivity contribution in [3.05, 3.63) is 39.9 Å². The van der Waals surface area contributed by atoms with Gasteiger partial charge in [0.1, 0.15) is 0 Å². The van der Waals surface area contributed by atoms with Crippen molar-refractivity contribution in [3.8, 4) is 0 Å². The number of para-hydroxylation sites is 1. The highest BCUT2D eigenvalue weighted by Gasteiger charge is 2.33. The third-order valence-electron chi connectivity index (χ3n) is 3.69. The Bertz CT molecular complexity index is 510. The monoisotopic (exact) mass is 278 g/mol. The lowest BCUT2D eigenvalue weighted by Gasteiger charge is -2.21. The van der Waals surface area contributed by atoms with E-state index in [1.807, 2.05) is 0 Å². The summed E-state index contributed by atoms with van der Waals surface area (Å²) in [5.74, 6) is -0.271. The number of amides is 1. The molecule has 0 aliphatic heterocycles. The molecule has 1 fully saturated rings. The molecule has 6 heteroatoms. The van der Waals surface area contributed by atoms with Gasteiger partial charge in [0.15, 0.2) is 0 Å². The summed E-state index contributed by atoms with van der Waals surface area (Å²) >= 11 is 0. The Hall–Kier alpha value is -1.95. The van der Waals surface area contributed by atoms with Crippen molar-refractivity contribution in [2.24, 2.45) is 0 Å². The van der Waals surface area contributed by atoms with Crippen molar-refractivity contribution >= 4 is 11.6 Å². The molecule has 2 rings (SSSR count). The van der Waals surface area contributed by atoms with E-state index in [0.29, 0.717) is 18.4 Å². The molecule has 1 aliphatic rings. The lowest BCUT2D eigenvalue weighted by Crippen LogP contribution is -2.34. The molecule has 0 bridgehead atoms. The average molecular weight is 278 g/mol. The van der Waals surface area contributed by atoms with Gasteiger partial charge in [-0.05, 0) is 12.8 Å². The summed E-state index contributed by atoms with van der Waals surface area (Å²) in [7, 11) is 0. The smallest absolute Gasteiger partial charge is 0.274 e. The Morgan fingerprint density at radius 1 is 1.35 bits per heavy atom. The minimum absolute atomic E-state index is 0.00706. The van der Waals surface area contributed by atoms with Crippen LogP contribution >= 0.6 is 0 Å². The molecule has 1 aromatic carbocycles. The highest BCUT2D eigenvalue weighted by atomic mass is 16.6. The summed E-state index contributed by atoms with van der Waals surface area (Å²) in [6, 6.07) is 6.30. The molecule has 0 spiro atoms. The average Bonchev–Trinajstić information content (AvgIpc) is 2.83. The minimum Gasteiger partial charge on any atom is -0.389 e. The molecule has 1 amide bonds. The summed E-state index contributed by atoms with van der Waals surface area (Å²) in [4.78, 5) is 22.2. The van der Waals surface area contributed by atoms with Crippen LogP contribution in [0.25, 0.3) is 0 Å². The van der Waals surface area contributed by atoms with E-state index in [-0.39, 0.29) is 24.6 Å². The number of nitrogens with one attached hydrogen (secondary N) is 1. The van der Waals surface area contributed by atoms with E-state index in [4.69, 9.17) is 0 Å². The van der Waals surface area contributed by atoms with Crippen LogP contribution in [0.15, 0.2) is 24.3 Å². The Balaban J connectivity index is 1.92. The van der Waals surface area contributed by atoms with Crippen LogP contribution in [-0.4, -0.2) is 21.5 Å². The molecule has 0 aromatic heterocycles. The fourth-order valence-electron chi connectivity index (χ4n) is 2.60. The fourth-order valence-corrected chi connectivity index (χ4v) is 2.60. The molecule has 2 N–H and O–H groups in total. The molecular weight excluding hydrogens is 260 g/mol. The maximum Gasteiger partial charge on any atom is 0.274 e. The van der Waals surface area contributed by atoms with Crippen LogP contribution in [-0.2, 0) is 11.3 Å². The summed E-state index contributed by atoms with van der Waals surface area (Å²) in [5, 5.41) is 23.6. The Morgan fingerprint density at radius 2 is 2.00 bits per heavy atom. The van der Waals surface area contributed by atoms with E-state index >= 15 is 0 Å². The van der Waals surface area contributed by atoms with Crippen LogP contribution in [0.4, 0.5) is 5.69 Å². The third kappa shape index (κ3) is 3.54. The molecule has 0 heterocycles. The first-order chi connectivity index (χ1) is 9.50. The van der Waals surface area contributed by atoms with Gasteiger partial charge in [-0.15, -0.1) is 0 Å². The quantitative estimate of drug-likeness (QED) is 0.635. The van der Waals surface area contributed by atoms with Crippen LogP contribution in [0.5, 0.6) is 0 Å². The largest absolute Gasteiger partial charge is 0.389 e. The summed E-state index contributed by atoms with van der Waals surface area (Å²) < 4.78 is 0. The molecule has 0 atom stereocenters. The van der Waals surface area contributed by atoms with Crippen molar-refractivity contribution < 1.29 is 14.8 Å². The Labute approximate surface area is 117 Å². The number of nitro benzene ring substituents is 1. The summed E-state index contributed by atoms with van der Waals surface area (Å²) in [6.45, 7) is 0.103. The molecule has 0 unspecified atom stereocenters. The van der Waals surface area contributed by atoms with E-state index < -0.39 is 10.5 Å². The molecule has 6 nitrogen and oxygen atoms in total. The highest BCUT2D eigenvalue weighted by molar-refractivity contribution is 5.77. The van der Waals surface area contributed by atoms with Crippen LogP contribution in [0.1, 0.15) is 37.7 Å². The number of benzene rings is 1. The predicted octanol–water partition coefficient (Wildman–Crippen LogP) is 1.91. The number of rotatable bonds is 5. The van der Waals surface area contributed by atoms with Gasteiger partial charge in [0.25, 0.3) is 5.69 Å². The van der Waals surface area contributed by atoms with Gasteiger partial charge in [-0.1, -0.05) is 31.0 Å². The molecule has 20 heavy (non-hydrogen) atoms. The zero-order valence-electron chi connectivity index (χ0n) is 11.2. The van der Waals surface area contributed by atoms with Gasteiger partial charge < -0.3 is 10.4 Å². The van der Waals surface area contributed by atoms with Gasteiger partial charge in [0.05, 0.1) is 16.9 Å². The molecule has 1 aliphatic carbocycles. The van der Waals surface area contributed by atoms with E-state index in [2.05, 4.69) is 5.32 Å². The zero-order chi connectivity index (χ0) is 14.6. The minimum atomic E-state index is -0.896. The van der Waals surface area contributed by atoms with Gasteiger partial charge in [-0.2, -0.15) is 0 Å². The maximum atomic E-state index is 11.8. The van der Waals surface area contributed by atoms with E-state index in [1.165, 1.54) is 6.07 Å². The number of nitro groups is 1. The number of carbonyl (C=O) groups excluding carboxylic acids is 1. The number of hydrogen-bond donors (Lipinski definition) is 2. The Kier molecular flexibility index (Phi) is 4.34. The molecule has 1 aromatic rings. The third-order valence-corrected chi connectivity index (χ3v) is 3.69. The van der Waals surface area contributed by atoms with Crippen LogP contribution in [0.3, 0.4) is 0 Å². The summed E-state index contributed by atoms with van der Waals surface area (Å²) in [5.41, 5.74) is -0.441. The van der Waals surface area contributed by atoms with Crippen LogP contribution in [0, 0.1) is 10.1 Å². The van der Waals surface area contributed by atoms with E-state index in [1.54, 1.807) is 18.2 Å². The molecular formula is C14H18N2O4. The van der Waals surface area contributed by atoms with Crippen molar-refractivity contribution in [1.82, 2.24) is 5.32 Å². The number of carbonyl (C=O) groups is 1. The lowest BCUT2D eigenvalue weighted by molar-refractivity contribution is -0.385. The molecule has 1 saturated carbocycles. The highest BCUT2D eigenvalue weighted by Crippen LogP contribution is 2.32. The Morgan fingerprint density at radius 3 is 2.65 bits per heavy atom. The first-order valence-corrected chi connectivity index (χ1v) is 6.72. The number of hydrogen-bond acceptors (Lipinski definition) is 4. The van der Waals surface area contributed by atoms with Crippen molar-refractivity contribution in [2.75, 3.05) is 0 Å². The van der Waals surface area contributed by atoms with Gasteiger partial charge in [-0.3, -0.25) is 14.9 Å². The number of nitrogens with zero attached hydrogens (tertiary/aromatic N) is 1. The van der Waals surface area contributed by atoms with Crippen molar-refractivity contribution in [3.63, 3.8) is 0 Å². The van der Waals surface area contributed by atoms with Crippen LogP contribution in [0.2, 0.25) is 0 Å². The predicted molar refractivity (Wildman–Crippen MR) is 73.0 cm³/mol. The topological polar surface area (TPSA) is 92.5 Å². The lowest BCUT2D eigenvalue weighted by atomic mass is 9.97. The summed E-state index contributed by atoms with van der Waals surface area (Å²) in [6.07, 6.45) is 3.23. The second-order valence-electron chi connectivity index (χ2n) is 5.27. The maximum absolute atomic E-state index is 11.8. The van der Waals surface area contributed by atoms with E-state index in [0.717, 1.165) is 12.8 Å². The first-order valence-electron chi connectivity index (χ1n) is 6.72. The zero-order valence-corrected chi connectivity index (χ0v) is 11.2. The van der Waals surface area contributed by atoms with Crippen molar-refractivity contribution in [1.29, 1.82) is 0 Å². The fraction of sp³-hybridized carbons (Fsp3) is 0.500. The van der Waals surface area contributed by atoms with Crippen molar-refractivity contribution in [2.45, 2.75) is 44.2 Å². The van der Waals surface area contributed by atoms with Gasteiger partial charge in [-0.25, -0.2) is 0 Å². The molecule has 0 radical (unpaired) electrons. The molecule has 0 saturated heterocycles. The first kappa shape index (κ1) is 14.5. The van der Waals surface area contributed by atoms with E-state index in [9.17, 15) is 20.0 Å². The van der Waals surface area contributed by atoms with Gasteiger partial charge in [0, 0.05) is 18.2 Å². The number of aliphatic hydroxyl groups is 1. The standard InChI is InChI=1S/C14H18N2O4/c17-13(9-14(18)7-3-4-8-14)15-10-11-5-1-2-6-12(11)16(19)20/h1-2,5-6,18H,3-4,7-10H2,(H,15,17). The second-order valence-corrected chi connectivity index (χ2v) is 5.27. The van der Waals surface area contributed by atoms with Crippen LogP contribution < -0.4 is 5.32 Å².